The van der Waals surface area contributed by atoms with Gasteiger partial charge >= 0.3 is 0 Å². The fraction of sp³-hybridized carbons (Fsp3) is 0.348. The molecule has 10 heteroatoms. The molecule has 0 aliphatic carbocycles. The normalized spacial score (nSPS) is 14.5. The first kappa shape index (κ1) is 22.7. The highest BCUT2D eigenvalue weighted by atomic mass is 19.1. The number of carbonyl (C=O) groups is 1. The molecule has 1 aliphatic heterocycles. The van der Waals surface area contributed by atoms with Crippen LogP contribution in [0, 0.1) is 12.7 Å². The Morgan fingerprint density at radius 1 is 1.21 bits per heavy atom. The predicted octanol–water partition coefficient (Wildman–Crippen LogP) is 2.04. The van der Waals surface area contributed by atoms with Crippen molar-refractivity contribution < 1.29 is 19.0 Å². The summed E-state index contributed by atoms with van der Waals surface area (Å²) < 4.78 is 20.2. The zero-order valence-corrected chi connectivity index (χ0v) is 18.6. The summed E-state index contributed by atoms with van der Waals surface area (Å²) in [7, 11) is 1.58. The molecule has 0 saturated carbocycles. The number of primary amides is 1. The number of rotatable bonds is 7. The van der Waals surface area contributed by atoms with Crippen molar-refractivity contribution in [2.24, 2.45) is 5.73 Å². The number of nitrogens with two attached hydrogens (primary N) is 1. The molecule has 2 heterocycles. The van der Waals surface area contributed by atoms with Crippen molar-refractivity contribution in [2.45, 2.75) is 6.92 Å². The molecule has 33 heavy (non-hydrogen) atoms. The second-order valence-corrected chi connectivity index (χ2v) is 7.99. The van der Waals surface area contributed by atoms with Crippen molar-refractivity contribution in [1.82, 2.24) is 15.1 Å². The Balaban J connectivity index is 1.81. The van der Waals surface area contributed by atoms with Crippen LogP contribution in [-0.2, 0) is 0 Å². The minimum atomic E-state index is -0.769. The molecule has 9 nitrogen and oxygen atoms in total. The van der Waals surface area contributed by atoms with Gasteiger partial charge in [-0.1, -0.05) is 6.07 Å². The van der Waals surface area contributed by atoms with Gasteiger partial charge in [0.25, 0.3) is 5.91 Å². The van der Waals surface area contributed by atoms with Gasteiger partial charge in [-0.25, -0.2) is 4.39 Å². The monoisotopic (exact) mass is 454 g/mol. The molecule has 1 amide bonds. The minimum absolute atomic E-state index is 0.0774. The first-order valence-electron chi connectivity index (χ1n) is 10.7. The summed E-state index contributed by atoms with van der Waals surface area (Å²) in [6.45, 7) is 5.61. The zero-order chi connectivity index (χ0) is 23.5. The number of ether oxygens (including phenoxy) is 1. The predicted molar refractivity (Wildman–Crippen MR) is 125 cm³/mol. The van der Waals surface area contributed by atoms with E-state index in [4.69, 9.17) is 10.5 Å². The van der Waals surface area contributed by atoms with E-state index in [1.165, 1.54) is 6.07 Å². The molecule has 2 aromatic carbocycles. The van der Waals surface area contributed by atoms with Crippen molar-refractivity contribution in [3.8, 4) is 5.75 Å². The lowest BCUT2D eigenvalue weighted by molar-refractivity contribution is 0.0995. The molecule has 0 radical (unpaired) electrons. The van der Waals surface area contributed by atoms with Crippen LogP contribution < -0.4 is 20.7 Å². The fourth-order valence-corrected chi connectivity index (χ4v) is 4.04. The quantitative estimate of drug-likeness (QED) is 0.497. The number of fused-ring (bicyclic) bond motifs is 1. The van der Waals surface area contributed by atoms with E-state index in [-0.39, 0.29) is 23.7 Å². The number of amides is 1. The van der Waals surface area contributed by atoms with Gasteiger partial charge in [-0.15, -0.1) is 10.2 Å². The zero-order valence-electron chi connectivity index (χ0n) is 18.6. The number of benzene rings is 2. The van der Waals surface area contributed by atoms with E-state index in [9.17, 15) is 14.3 Å². The Labute approximate surface area is 191 Å². The molecular formula is C23H27FN6O3. The third-order valence-corrected chi connectivity index (χ3v) is 5.81. The van der Waals surface area contributed by atoms with Crippen LogP contribution in [0.4, 0.5) is 21.5 Å². The van der Waals surface area contributed by atoms with Crippen LogP contribution in [-0.4, -0.2) is 72.6 Å². The van der Waals surface area contributed by atoms with E-state index in [0.29, 0.717) is 23.2 Å². The highest BCUT2D eigenvalue weighted by Crippen LogP contribution is 2.37. The van der Waals surface area contributed by atoms with Gasteiger partial charge in [0.1, 0.15) is 11.6 Å². The van der Waals surface area contributed by atoms with Crippen molar-refractivity contribution >= 4 is 33.9 Å². The summed E-state index contributed by atoms with van der Waals surface area (Å²) in [6.07, 6.45) is 0. The molecule has 0 atom stereocenters. The maximum absolute atomic E-state index is 14.6. The molecule has 0 spiro atoms. The lowest BCUT2D eigenvalue weighted by Crippen LogP contribution is -2.47. The number of aliphatic hydroxyl groups is 1. The highest BCUT2D eigenvalue weighted by molar-refractivity contribution is 6.07. The molecule has 0 unspecified atom stereocenters. The largest absolute Gasteiger partial charge is 0.495 e. The molecule has 174 valence electrons. The van der Waals surface area contributed by atoms with Crippen LogP contribution in [0.25, 0.3) is 10.9 Å². The summed E-state index contributed by atoms with van der Waals surface area (Å²) in [5, 5.41) is 20.9. The Morgan fingerprint density at radius 3 is 2.61 bits per heavy atom. The molecular weight excluding hydrogens is 427 g/mol. The van der Waals surface area contributed by atoms with Crippen LogP contribution >= 0.6 is 0 Å². The van der Waals surface area contributed by atoms with Crippen molar-refractivity contribution in [1.29, 1.82) is 0 Å². The van der Waals surface area contributed by atoms with E-state index in [0.717, 1.165) is 37.4 Å². The average Bonchev–Trinajstić information content (AvgIpc) is 2.80. The third-order valence-electron chi connectivity index (χ3n) is 5.81. The number of hydrogen-bond acceptors (Lipinski definition) is 8. The van der Waals surface area contributed by atoms with Crippen LogP contribution in [0.5, 0.6) is 5.75 Å². The number of aliphatic hydroxyl groups excluding tert-OH is 1. The molecule has 1 fully saturated rings. The van der Waals surface area contributed by atoms with Gasteiger partial charge in [0.05, 0.1) is 36.3 Å². The summed E-state index contributed by atoms with van der Waals surface area (Å²) in [4.78, 5) is 16.5. The second kappa shape index (κ2) is 9.55. The van der Waals surface area contributed by atoms with Gasteiger partial charge in [0.2, 0.25) is 0 Å². The summed E-state index contributed by atoms with van der Waals surface area (Å²) >= 11 is 0. The molecule has 0 bridgehead atoms. The standard InChI is InChI=1S/C23H27FN6O3/c1-14-3-4-17(16(24)11-14)26-21-15-12-19(30-7-5-29(6-8-30)9-10-31)20(33-2)13-18(15)27-28-22(21)23(25)32/h3-4,11-13,31H,5-10H2,1-2H3,(H2,25,32)(H,26,27). The van der Waals surface area contributed by atoms with Gasteiger partial charge < -0.3 is 25.8 Å². The number of halogens is 1. The van der Waals surface area contributed by atoms with E-state index < -0.39 is 11.7 Å². The molecule has 4 N–H and O–H groups in total. The SMILES string of the molecule is COc1cc2nnc(C(N)=O)c(Nc3ccc(C)cc3F)c2cc1N1CCN(CCO)CC1. The maximum Gasteiger partial charge on any atom is 0.271 e. The van der Waals surface area contributed by atoms with Crippen LogP contribution in [0.2, 0.25) is 0 Å². The second-order valence-electron chi connectivity index (χ2n) is 7.99. The number of hydrogen-bond donors (Lipinski definition) is 3. The Bertz CT molecular complexity index is 1180. The Kier molecular flexibility index (Phi) is 6.57. The first-order chi connectivity index (χ1) is 15.9. The van der Waals surface area contributed by atoms with E-state index >= 15 is 0 Å². The number of methoxy groups -OCH3 is 1. The van der Waals surface area contributed by atoms with Gasteiger partial charge in [0.15, 0.2) is 5.69 Å². The maximum atomic E-state index is 14.6. The molecule has 3 aromatic rings. The third kappa shape index (κ3) is 4.67. The first-order valence-corrected chi connectivity index (χ1v) is 10.7. The number of aryl methyl sites for hydroxylation is 1. The van der Waals surface area contributed by atoms with Gasteiger partial charge in [-0.3, -0.25) is 9.69 Å². The lowest BCUT2D eigenvalue weighted by Gasteiger charge is -2.36. The number of aromatic nitrogens is 2. The number of anilines is 3. The lowest BCUT2D eigenvalue weighted by atomic mass is 10.1. The average molecular weight is 455 g/mol. The van der Waals surface area contributed by atoms with Gasteiger partial charge in [0, 0.05) is 44.2 Å². The van der Waals surface area contributed by atoms with Crippen LogP contribution in [0.15, 0.2) is 30.3 Å². The van der Waals surface area contributed by atoms with Gasteiger partial charge in [-0.2, -0.15) is 0 Å². The highest BCUT2D eigenvalue weighted by Gasteiger charge is 2.23. The topological polar surface area (TPSA) is 117 Å². The number of piperazine rings is 1. The fourth-order valence-electron chi connectivity index (χ4n) is 4.04. The minimum Gasteiger partial charge on any atom is -0.495 e. The number of β-amino-alcohol motifs (C(OH)–C–C–N with tert-alkyl or cyclic N) is 1. The molecule has 1 aromatic heterocycles. The smallest absolute Gasteiger partial charge is 0.271 e. The van der Waals surface area contributed by atoms with Crippen LogP contribution in [0.1, 0.15) is 16.1 Å². The molecule has 1 aliphatic rings. The Hall–Kier alpha value is -3.50. The number of nitrogens with one attached hydrogen (secondary N) is 1. The number of carbonyl (C=O) groups excluding carboxylic acids is 1. The molecule has 4 rings (SSSR count). The van der Waals surface area contributed by atoms with Gasteiger partial charge in [-0.05, 0) is 30.7 Å². The molecule has 1 saturated heterocycles. The van der Waals surface area contributed by atoms with E-state index in [2.05, 4.69) is 25.3 Å². The summed E-state index contributed by atoms with van der Waals surface area (Å²) in [6, 6.07) is 8.40. The van der Waals surface area contributed by atoms with Crippen molar-refractivity contribution in [3.63, 3.8) is 0 Å². The van der Waals surface area contributed by atoms with E-state index in [1.54, 1.807) is 32.2 Å². The summed E-state index contributed by atoms with van der Waals surface area (Å²) in [5.41, 5.74) is 8.06. The van der Waals surface area contributed by atoms with Crippen LogP contribution in [0.3, 0.4) is 0 Å². The van der Waals surface area contributed by atoms with Crippen molar-refractivity contribution in [2.75, 3.05) is 56.7 Å². The summed E-state index contributed by atoms with van der Waals surface area (Å²) in [5.74, 6) is -0.606. The Morgan fingerprint density at radius 2 is 1.97 bits per heavy atom. The van der Waals surface area contributed by atoms with E-state index in [1.807, 2.05) is 6.07 Å². The number of nitrogens with zero attached hydrogens (tertiary/aromatic N) is 4. The van der Waals surface area contributed by atoms with Crippen molar-refractivity contribution in [3.05, 3.63) is 47.4 Å².